The number of rotatable bonds is 3. The molecular formula is C16H18O2. The van der Waals surface area contributed by atoms with Gasteiger partial charge in [0.05, 0.1) is 11.8 Å². The zero-order chi connectivity index (χ0) is 13.3. The molecule has 18 heavy (non-hydrogen) atoms. The molecule has 94 valence electrons. The van der Waals surface area contributed by atoms with Crippen LogP contribution < -0.4 is 0 Å². The van der Waals surface area contributed by atoms with Gasteiger partial charge in [0, 0.05) is 6.42 Å². The molecule has 0 atom stereocenters. The highest BCUT2D eigenvalue weighted by molar-refractivity contribution is 5.98. The first-order chi connectivity index (χ1) is 8.49. The second-order valence-electron chi connectivity index (χ2n) is 4.87. The molecule has 0 aliphatic heterocycles. The summed E-state index contributed by atoms with van der Waals surface area (Å²) in [5.74, 6) is 0.818. The molecule has 0 radical (unpaired) electrons. The number of carbonyl (C=O) groups excluding carboxylic acids is 1. The van der Waals surface area contributed by atoms with Gasteiger partial charge in [-0.15, -0.1) is 0 Å². The van der Waals surface area contributed by atoms with Gasteiger partial charge in [-0.05, 0) is 50.5 Å². The summed E-state index contributed by atoms with van der Waals surface area (Å²) in [6, 6.07) is 5.99. The summed E-state index contributed by atoms with van der Waals surface area (Å²) in [5, 5.41) is 0. The molecule has 1 heterocycles. The highest BCUT2D eigenvalue weighted by Crippen LogP contribution is 2.20. The predicted molar refractivity (Wildman–Crippen MR) is 72.1 cm³/mol. The largest absolute Gasteiger partial charge is 0.469 e. The van der Waals surface area contributed by atoms with Crippen LogP contribution >= 0.6 is 0 Å². The standard InChI is InChI=1S/C16H18O2/c1-10-7-11(2)15(12(3)8-10)9-16(17)14-5-6-18-13(14)4/h5-8H,9H2,1-4H3. The van der Waals surface area contributed by atoms with E-state index in [1.165, 1.54) is 16.7 Å². The summed E-state index contributed by atoms with van der Waals surface area (Å²) in [7, 11) is 0. The van der Waals surface area contributed by atoms with E-state index in [2.05, 4.69) is 32.9 Å². The van der Waals surface area contributed by atoms with Crippen LogP contribution in [0.4, 0.5) is 0 Å². The molecule has 1 aromatic carbocycles. The van der Waals surface area contributed by atoms with Gasteiger partial charge >= 0.3 is 0 Å². The van der Waals surface area contributed by atoms with E-state index in [-0.39, 0.29) is 5.78 Å². The Balaban J connectivity index is 2.31. The number of hydrogen-bond acceptors (Lipinski definition) is 2. The van der Waals surface area contributed by atoms with Gasteiger partial charge in [-0.3, -0.25) is 4.79 Å². The van der Waals surface area contributed by atoms with Crippen molar-refractivity contribution in [1.82, 2.24) is 0 Å². The highest BCUT2D eigenvalue weighted by atomic mass is 16.3. The third-order valence-electron chi connectivity index (χ3n) is 3.34. The number of benzene rings is 1. The lowest BCUT2D eigenvalue weighted by Crippen LogP contribution is -2.07. The highest BCUT2D eigenvalue weighted by Gasteiger charge is 2.14. The number of Topliss-reactive ketones (excluding diaryl/α,β-unsaturated/α-hetero) is 1. The topological polar surface area (TPSA) is 30.2 Å². The molecule has 0 aliphatic rings. The quantitative estimate of drug-likeness (QED) is 0.763. The molecule has 0 N–H and O–H groups in total. The lowest BCUT2D eigenvalue weighted by molar-refractivity contribution is 0.0991. The third kappa shape index (κ3) is 2.37. The van der Waals surface area contributed by atoms with Crippen molar-refractivity contribution in [2.75, 3.05) is 0 Å². The van der Waals surface area contributed by atoms with Gasteiger partial charge in [0.25, 0.3) is 0 Å². The summed E-state index contributed by atoms with van der Waals surface area (Å²) in [5.41, 5.74) is 5.42. The Morgan fingerprint density at radius 3 is 2.22 bits per heavy atom. The number of ketones is 1. The molecule has 2 aromatic rings. The molecule has 1 aromatic heterocycles. The summed E-state index contributed by atoms with van der Waals surface area (Å²) < 4.78 is 5.18. The second kappa shape index (κ2) is 4.81. The Morgan fingerprint density at radius 1 is 1.11 bits per heavy atom. The molecule has 0 saturated carbocycles. The Labute approximate surface area is 108 Å². The SMILES string of the molecule is Cc1cc(C)c(CC(=O)c2ccoc2C)c(C)c1. The van der Waals surface area contributed by atoms with E-state index in [9.17, 15) is 4.79 Å². The van der Waals surface area contributed by atoms with Crippen LogP contribution in [0.3, 0.4) is 0 Å². The van der Waals surface area contributed by atoms with Gasteiger partial charge in [-0.1, -0.05) is 17.7 Å². The number of hydrogen-bond donors (Lipinski definition) is 0. The molecular weight excluding hydrogens is 224 g/mol. The van der Waals surface area contributed by atoms with E-state index in [0.717, 1.165) is 5.56 Å². The Bertz CT molecular complexity index is 568. The van der Waals surface area contributed by atoms with Crippen LogP contribution in [0.15, 0.2) is 28.9 Å². The van der Waals surface area contributed by atoms with Crippen LogP contribution in [0.1, 0.15) is 38.4 Å². The maximum absolute atomic E-state index is 12.2. The van der Waals surface area contributed by atoms with Gasteiger partial charge in [-0.25, -0.2) is 0 Å². The molecule has 0 bridgehead atoms. The number of aryl methyl sites for hydroxylation is 4. The lowest BCUT2D eigenvalue weighted by Gasteiger charge is -2.10. The molecule has 0 saturated heterocycles. The summed E-state index contributed by atoms with van der Waals surface area (Å²) >= 11 is 0. The first kappa shape index (κ1) is 12.6. The van der Waals surface area contributed by atoms with Crippen LogP contribution in [0.25, 0.3) is 0 Å². The van der Waals surface area contributed by atoms with Crippen LogP contribution in [-0.2, 0) is 6.42 Å². The van der Waals surface area contributed by atoms with E-state index in [4.69, 9.17) is 4.42 Å². The van der Waals surface area contributed by atoms with Crippen LogP contribution in [0.2, 0.25) is 0 Å². The lowest BCUT2D eigenvalue weighted by atomic mass is 9.94. The Hall–Kier alpha value is -1.83. The van der Waals surface area contributed by atoms with Crippen LogP contribution in [0, 0.1) is 27.7 Å². The fourth-order valence-electron chi connectivity index (χ4n) is 2.42. The predicted octanol–water partition coefficient (Wildman–Crippen LogP) is 3.94. The summed E-state index contributed by atoms with van der Waals surface area (Å²) in [6.45, 7) is 8.02. The second-order valence-corrected chi connectivity index (χ2v) is 4.87. The van der Waals surface area contributed by atoms with Crippen molar-refractivity contribution in [3.63, 3.8) is 0 Å². The molecule has 0 spiro atoms. The number of carbonyl (C=O) groups is 1. The third-order valence-corrected chi connectivity index (χ3v) is 3.34. The van der Waals surface area contributed by atoms with Crippen molar-refractivity contribution < 1.29 is 9.21 Å². The Morgan fingerprint density at radius 2 is 1.72 bits per heavy atom. The average molecular weight is 242 g/mol. The molecule has 2 nitrogen and oxygen atoms in total. The van der Waals surface area contributed by atoms with Gasteiger partial charge in [0.2, 0.25) is 0 Å². The number of furan rings is 1. The Kier molecular flexibility index (Phi) is 3.37. The van der Waals surface area contributed by atoms with Crippen LogP contribution in [-0.4, -0.2) is 5.78 Å². The molecule has 0 aliphatic carbocycles. The van der Waals surface area contributed by atoms with Crippen molar-refractivity contribution in [2.45, 2.75) is 34.1 Å². The molecule has 2 heteroatoms. The fourth-order valence-corrected chi connectivity index (χ4v) is 2.42. The zero-order valence-electron chi connectivity index (χ0n) is 11.3. The maximum Gasteiger partial charge on any atom is 0.170 e. The molecule has 0 unspecified atom stereocenters. The zero-order valence-corrected chi connectivity index (χ0v) is 11.3. The van der Waals surface area contributed by atoms with Gasteiger partial charge < -0.3 is 4.42 Å². The van der Waals surface area contributed by atoms with Crippen LogP contribution in [0.5, 0.6) is 0 Å². The average Bonchev–Trinajstić information content (AvgIpc) is 2.69. The van der Waals surface area contributed by atoms with E-state index in [1.807, 2.05) is 6.92 Å². The minimum absolute atomic E-state index is 0.122. The molecule has 0 fully saturated rings. The normalized spacial score (nSPS) is 10.7. The first-order valence-corrected chi connectivity index (χ1v) is 6.13. The molecule has 0 amide bonds. The van der Waals surface area contributed by atoms with Crippen molar-refractivity contribution in [2.24, 2.45) is 0 Å². The summed E-state index contributed by atoms with van der Waals surface area (Å²) in [6.07, 6.45) is 2.01. The van der Waals surface area contributed by atoms with Gasteiger partial charge in [0.15, 0.2) is 5.78 Å². The van der Waals surface area contributed by atoms with E-state index in [1.54, 1.807) is 12.3 Å². The van der Waals surface area contributed by atoms with E-state index in [0.29, 0.717) is 17.7 Å². The molecule has 2 rings (SSSR count). The van der Waals surface area contributed by atoms with Crippen molar-refractivity contribution in [3.8, 4) is 0 Å². The van der Waals surface area contributed by atoms with Crippen molar-refractivity contribution >= 4 is 5.78 Å². The van der Waals surface area contributed by atoms with Crippen molar-refractivity contribution in [3.05, 3.63) is 58.0 Å². The van der Waals surface area contributed by atoms with Gasteiger partial charge in [0.1, 0.15) is 5.76 Å². The summed E-state index contributed by atoms with van der Waals surface area (Å²) in [4.78, 5) is 12.2. The van der Waals surface area contributed by atoms with Crippen molar-refractivity contribution in [1.29, 1.82) is 0 Å². The fraction of sp³-hybridized carbons (Fsp3) is 0.312. The smallest absolute Gasteiger partial charge is 0.170 e. The minimum Gasteiger partial charge on any atom is -0.469 e. The minimum atomic E-state index is 0.122. The monoisotopic (exact) mass is 242 g/mol. The first-order valence-electron chi connectivity index (χ1n) is 6.13. The van der Waals surface area contributed by atoms with E-state index < -0.39 is 0 Å². The maximum atomic E-state index is 12.2. The van der Waals surface area contributed by atoms with E-state index >= 15 is 0 Å². The van der Waals surface area contributed by atoms with Gasteiger partial charge in [-0.2, -0.15) is 0 Å².